The van der Waals surface area contributed by atoms with E-state index >= 15 is 0 Å². The first-order valence-corrected chi connectivity index (χ1v) is 7.79. The Labute approximate surface area is 135 Å². The normalized spacial score (nSPS) is 13.7. The van der Waals surface area contributed by atoms with Crippen molar-refractivity contribution in [3.05, 3.63) is 53.9 Å². The number of benzene rings is 1. The molecule has 1 unspecified atom stereocenters. The van der Waals surface area contributed by atoms with Crippen LogP contribution in [0.3, 0.4) is 0 Å². The van der Waals surface area contributed by atoms with Gasteiger partial charge >= 0.3 is 0 Å². The lowest BCUT2D eigenvalue weighted by Crippen LogP contribution is -2.40. The van der Waals surface area contributed by atoms with Crippen molar-refractivity contribution >= 4 is 5.91 Å². The van der Waals surface area contributed by atoms with Crippen LogP contribution in [0.5, 0.6) is 11.5 Å². The summed E-state index contributed by atoms with van der Waals surface area (Å²) in [5, 5.41) is 0. The topological polar surface area (TPSA) is 51.7 Å². The number of likely N-dealkylation sites (N-methyl/N-ethyl adjacent to an activating group) is 1. The summed E-state index contributed by atoms with van der Waals surface area (Å²) >= 11 is 0. The van der Waals surface area contributed by atoms with E-state index in [1.54, 1.807) is 12.3 Å². The summed E-state index contributed by atoms with van der Waals surface area (Å²) in [4.78, 5) is 18.6. The van der Waals surface area contributed by atoms with Gasteiger partial charge in [0.2, 0.25) is 6.79 Å². The molecule has 0 fully saturated rings. The summed E-state index contributed by atoms with van der Waals surface area (Å²) in [5.74, 6) is 1.51. The molecule has 0 spiro atoms. The first-order chi connectivity index (χ1) is 11.2. The second-order valence-corrected chi connectivity index (χ2v) is 5.55. The van der Waals surface area contributed by atoms with E-state index in [0.29, 0.717) is 12.2 Å². The lowest BCUT2D eigenvalue weighted by Gasteiger charge is -2.28. The minimum Gasteiger partial charge on any atom is -0.454 e. The van der Waals surface area contributed by atoms with Gasteiger partial charge in [-0.2, -0.15) is 0 Å². The molecule has 1 amide bonds. The molecule has 5 nitrogen and oxygen atoms in total. The van der Waals surface area contributed by atoms with E-state index < -0.39 is 0 Å². The van der Waals surface area contributed by atoms with E-state index in [1.165, 1.54) is 0 Å². The highest BCUT2D eigenvalue weighted by atomic mass is 16.7. The van der Waals surface area contributed by atoms with Gasteiger partial charge in [-0.1, -0.05) is 12.1 Å². The van der Waals surface area contributed by atoms with Gasteiger partial charge < -0.3 is 14.4 Å². The van der Waals surface area contributed by atoms with Crippen LogP contribution in [0.15, 0.2) is 42.6 Å². The fraction of sp³-hybridized carbons (Fsp3) is 0.333. The van der Waals surface area contributed by atoms with Crippen molar-refractivity contribution in [3.8, 4) is 11.5 Å². The van der Waals surface area contributed by atoms with Gasteiger partial charge in [0.05, 0.1) is 0 Å². The summed E-state index contributed by atoms with van der Waals surface area (Å²) in [6.45, 7) is 4.95. The highest BCUT2D eigenvalue weighted by Gasteiger charge is 2.22. The van der Waals surface area contributed by atoms with Gasteiger partial charge in [0.25, 0.3) is 5.91 Å². The summed E-state index contributed by atoms with van der Waals surface area (Å²) in [7, 11) is 0. The van der Waals surface area contributed by atoms with Crippen LogP contribution in [0.1, 0.15) is 29.9 Å². The smallest absolute Gasteiger partial charge is 0.272 e. The third kappa shape index (κ3) is 3.28. The number of fused-ring (bicyclic) bond motifs is 1. The number of aromatic nitrogens is 1. The van der Waals surface area contributed by atoms with E-state index in [0.717, 1.165) is 23.5 Å². The lowest BCUT2D eigenvalue weighted by molar-refractivity contribution is 0.0697. The van der Waals surface area contributed by atoms with E-state index in [4.69, 9.17) is 9.47 Å². The third-order valence-corrected chi connectivity index (χ3v) is 3.99. The van der Waals surface area contributed by atoms with Gasteiger partial charge in [-0.25, -0.2) is 0 Å². The Kier molecular flexibility index (Phi) is 4.46. The Hall–Kier alpha value is -2.56. The van der Waals surface area contributed by atoms with Gasteiger partial charge in [0.15, 0.2) is 11.5 Å². The monoisotopic (exact) mass is 312 g/mol. The van der Waals surface area contributed by atoms with E-state index in [1.807, 2.05) is 42.2 Å². The lowest BCUT2D eigenvalue weighted by atomic mass is 10.0. The van der Waals surface area contributed by atoms with Crippen LogP contribution < -0.4 is 9.47 Å². The van der Waals surface area contributed by atoms with Crippen molar-refractivity contribution in [2.75, 3.05) is 13.3 Å². The summed E-state index contributed by atoms with van der Waals surface area (Å²) in [5.41, 5.74) is 1.60. The van der Waals surface area contributed by atoms with Crippen molar-refractivity contribution in [1.82, 2.24) is 9.88 Å². The Balaban J connectivity index is 1.73. The van der Waals surface area contributed by atoms with E-state index in [9.17, 15) is 4.79 Å². The van der Waals surface area contributed by atoms with Gasteiger partial charge in [0, 0.05) is 18.8 Å². The molecule has 0 saturated heterocycles. The van der Waals surface area contributed by atoms with Gasteiger partial charge in [0.1, 0.15) is 5.69 Å². The van der Waals surface area contributed by atoms with Crippen molar-refractivity contribution in [3.63, 3.8) is 0 Å². The molecular weight excluding hydrogens is 292 g/mol. The Bertz CT molecular complexity index is 688. The Morgan fingerprint density at radius 2 is 2.09 bits per heavy atom. The maximum Gasteiger partial charge on any atom is 0.272 e. The summed E-state index contributed by atoms with van der Waals surface area (Å²) in [6, 6.07) is 11.4. The number of pyridine rings is 1. The first-order valence-electron chi connectivity index (χ1n) is 7.79. The number of ether oxygens (including phenoxy) is 2. The van der Waals surface area contributed by atoms with Crippen molar-refractivity contribution in [1.29, 1.82) is 0 Å². The standard InChI is InChI=1S/C18H20N2O3/c1-3-20(18(21)15-6-4-5-9-19-15)13(2)10-14-7-8-16-17(11-14)23-12-22-16/h4-9,11,13H,3,10,12H2,1-2H3. The minimum absolute atomic E-state index is 0.0404. The van der Waals surface area contributed by atoms with Crippen LogP contribution >= 0.6 is 0 Å². The molecule has 1 aliphatic rings. The summed E-state index contributed by atoms with van der Waals surface area (Å²) in [6.07, 6.45) is 2.40. The first kappa shape index (κ1) is 15.3. The average Bonchev–Trinajstić information content (AvgIpc) is 3.04. The van der Waals surface area contributed by atoms with Crippen molar-refractivity contribution in [2.24, 2.45) is 0 Å². The van der Waals surface area contributed by atoms with Gasteiger partial charge in [-0.05, 0) is 50.1 Å². The van der Waals surface area contributed by atoms with Crippen molar-refractivity contribution < 1.29 is 14.3 Å². The second kappa shape index (κ2) is 6.69. The minimum atomic E-state index is -0.0404. The fourth-order valence-corrected chi connectivity index (χ4v) is 2.81. The fourth-order valence-electron chi connectivity index (χ4n) is 2.81. The van der Waals surface area contributed by atoms with Crippen LogP contribution in [-0.2, 0) is 6.42 Å². The SMILES string of the molecule is CCN(C(=O)c1ccccn1)C(C)Cc1ccc2c(c1)OCO2. The molecule has 120 valence electrons. The quantitative estimate of drug-likeness (QED) is 0.852. The van der Waals surface area contributed by atoms with Crippen LogP contribution in [0.25, 0.3) is 0 Å². The van der Waals surface area contributed by atoms with Crippen LogP contribution in [0.4, 0.5) is 0 Å². The molecule has 0 N–H and O–H groups in total. The molecule has 0 saturated carbocycles. The van der Waals surface area contributed by atoms with Crippen LogP contribution in [-0.4, -0.2) is 35.2 Å². The molecule has 2 heterocycles. The molecular formula is C18H20N2O3. The molecule has 0 aliphatic carbocycles. The molecule has 3 rings (SSSR count). The zero-order chi connectivity index (χ0) is 16.2. The maximum absolute atomic E-state index is 12.6. The Morgan fingerprint density at radius 1 is 1.26 bits per heavy atom. The van der Waals surface area contributed by atoms with Crippen LogP contribution in [0.2, 0.25) is 0 Å². The summed E-state index contributed by atoms with van der Waals surface area (Å²) < 4.78 is 10.7. The van der Waals surface area contributed by atoms with Gasteiger partial charge in [-0.15, -0.1) is 0 Å². The highest BCUT2D eigenvalue weighted by Crippen LogP contribution is 2.33. The predicted octanol–water partition coefficient (Wildman–Crippen LogP) is 2.90. The number of amides is 1. The van der Waals surface area contributed by atoms with Gasteiger partial charge in [-0.3, -0.25) is 9.78 Å². The number of rotatable bonds is 5. The predicted molar refractivity (Wildman–Crippen MR) is 86.7 cm³/mol. The molecule has 2 aromatic rings. The number of carbonyl (C=O) groups excluding carboxylic acids is 1. The highest BCUT2D eigenvalue weighted by molar-refractivity contribution is 5.92. The number of carbonyl (C=O) groups is 1. The van der Waals surface area contributed by atoms with E-state index in [2.05, 4.69) is 11.9 Å². The molecule has 1 aromatic carbocycles. The molecule has 0 bridgehead atoms. The van der Waals surface area contributed by atoms with E-state index in [-0.39, 0.29) is 18.7 Å². The number of hydrogen-bond acceptors (Lipinski definition) is 4. The zero-order valence-corrected chi connectivity index (χ0v) is 13.4. The zero-order valence-electron chi connectivity index (χ0n) is 13.4. The Morgan fingerprint density at radius 3 is 2.83 bits per heavy atom. The molecule has 1 atom stereocenters. The maximum atomic E-state index is 12.6. The third-order valence-electron chi connectivity index (χ3n) is 3.99. The largest absolute Gasteiger partial charge is 0.454 e. The number of nitrogens with zero attached hydrogens (tertiary/aromatic N) is 2. The second-order valence-electron chi connectivity index (χ2n) is 5.55. The molecule has 1 aliphatic heterocycles. The van der Waals surface area contributed by atoms with Crippen molar-refractivity contribution in [2.45, 2.75) is 26.3 Å². The molecule has 1 aromatic heterocycles. The van der Waals surface area contributed by atoms with Crippen LogP contribution in [0, 0.1) is 0 Å². The molecule has 23 heavy (non-hydrogen) atoms. The number of hydrogen-bond donors (Lipinski definition) is 0. The average molecular weight is 312 g/mol. The molecule has 5 heteroatoms. The molecule has 0 radical (unpaired) electrons.